The number of hydrogen-bond acceptors (Lipinski definition) is 3. The molecule has 0 radical (unpaired) electrons. The Labute approximate surface area is 138 Å². The Morgan fingerprint density at radius 1 is 1.17 bits per heavy atom. The van der Waals surface area contributed by atoms with Gasteiger partial charge in [0.05, 0.1) is 12.1 Å². The van der Waals surface area contributed by atoms with Gasteiger partial charge in [-0.3, -0.25) is 4.79 Å². The van der Waals surface area contributed by atoms with E-state index < -0.39 is 0 Å². The number of aromatic nitrogens is 2. The summed E-state index contributed by atoms with van der Waals surface area (Å²) in [5, 5.41) is 12.1. The number of H-pyrrole nitrogens is 1. The van der Waals surface area contributed by atoms with Crippen LogP contribution in [0.25, 0.3) is 11.0 Å². The maximum absolute atomic E-state index is 13.6. The molecule has 0 unspecified atom stereocenters. The number of para-hydroxylation sites is 1. The van der Waals surface area contributed by atoms with Crippen LogP contribution in [0.1, 0.15) is 23.4 Å². The molecule has 0 spiro atoms. The number of aliphatic hydroxyl groups excluding tert-OH is 1. The quantitative estimate of drug-likeness (QED) is 0.651. The molecule has 24 heavy (non-hydrogen) atoms. The minimum Gasteiger partial charge on any atom is -0.392 e. The smallest absolute Gasteiger partial charge is 0.220 e. The largest absolute Gasteiger partial charge is 0.392 e. The minimum absolute atomic E-state index is 0.0589. The third-order valence-corrected chi connectivity index (χ3v) is 3.87. The van der Waals surface area contributed by atoms with Crippen molar-refractivity contribution in [2.45, 2.75) is 26.0 Å². The molecular weight excluding hydrogens is 309 g/mol. The van der Waals surface area contributed by atoms with Gasteiger partial charge in [0.15, 0.2) is 5.82 Å². The molecule has 0 aliphatic rings. The predicted molar refractivity (Wildman–Crippen MR) is 88.6 cm³/mol. The highest BCUT2D eigenvalue weighted by Crippen LogP contribution is 2.15. The number of benzene rings is 2. The van der Waals surface area contributed by atoms with E-state index in [0.717, 1.165) is 11.1 Å². The topological polar surface area (TPSA) is 78.0 Å². The van der Waals surface area contributed by atoms with Gasteiger partial charge in [0.2, 0.25) is 5.91 Å². The van der Waals surface area contributed by atoms with E-state index in [0.29, 0.717) is 29.8 Å². The molecule has 1 aromatic heterocycles. The van der Waals surface area contributed by atoms with Crippen LogP contribution in [0.2, 0.25) is 0 Å². The molecular formula is C18H18FN3O2. The summed E-state index contributed by atoms with van der Waals surface area (Å²) in [6.45, 7) is 0.306. The number of halogens is 1. The maximum atomic E-state index is 13.6. The predicted octanol–water partition coefficient (Wildman–Crippen LogP) is 2.44. The number of carbonyl (C=O) groups is 1. The summed E-state index contributed by atoms with van der Waals surface area (Å²) in [6.07, 6.45) is 0.657. The number of imidazole rings is 1. The average Bonchev–Trinajstić information content (AvgIpc) is 3.03. The van der Waals surface area contributed by atoms with Crippen molar-refractivity contribution >= 4 is 16.9 Å². The molecule has 0 atom stereocenters. The van der Waals surface area contributed by atoms with Gasteiger partial charge in [-0.2, -0.15) is 0 Å². The molecule has 0 bridgehead atoms. The standard InChI is InChI=1S/C18H18FN3O2/c19-14-6-3-7-15-18(14)22-16(21-15)8-9-17(24)20-10-12-4-1-2-5-13(12)11-23/h1-7,23H,8-11H2,(H,20,24)(H,21,22). The molecule has 3 rings (SSSR count). The third kappa shape index (κ3) is 3.60. The van der Waals surface area contributed by atoms with E-state index >= 15 is 0 Å². The molecule has 0 aliphatic carbocycles. The van der Waals surface area contributed by atoms with Gasteiger partial charge in [-0.05, 0) is 23.3 Å². The van der Waals surface area contributed by atoms with Crippen LogP contribution in [0.3, 0.4) is 0 Å². The van der Waals surface area contributed by atoms with Crippen molar-refractivity contribution in [3.05, 3.63) is 65.2 Å². The first-order chi connectivity index (χ1) is 11.7. The van der Waals surface area contributed by atoms with Gasteiger partial charge in [0.1, 0.15) is 11.3 Å². The molecule has 6 heteroatoms. The van der Waals surface area contributed by atoms with Crippen LogP contribution >= 0.6 is 0 Å². The summed E-state index contributed by atoms with van der Waals surface area (Å²) in [4.78, 5) is 19.2. The SMILES string of the molecule is O=C(CCc1nc2c(F)cccc2[nH]1)NCc1ccccc1CO. The van der Waals surface area contributed by atoms with Crippen molar-refractivity contribution in [1.29, 1.82) is 0 Å². The second kappa shape index (κ2) is 7.23. The Bertz CT molecular complexity index is 860. The maximum Gasteiger partial charge on any atom is 0.220 e. The van der Waals surface area contributed by atoms with Crippen molar-refractivity contribution in [1.82, 2.24) is 15.3 Å². The summed E-state index contributed by atoms with van der Waals surface area (Å²) < 4.78 is 13.6. The van der Waals surface area contributed by atoms with Gasteiger partial charge < -0.3 is 15.4 Å². The van der Waals surface area contributed by atoms with Crippen molar-refractivity contribution < 1.29 is 14.3 Å². The minimum atomic E-state index is -0.375. The molecule has 0 fully saturated rings. The van der Waals surface area contributed by atoms with E-state index in [1.54, 1.807) is 12.1 Å². The number of carbonyl (C=O) groups excluding carboxylic acids is 1. The molecule has 0 saturated heterocycles. The Balaban J connectivity index is 1.56. The lowest BCUT2D eigenvalue weighted by molar-refractivity contribution is -0.121. The number of rotatable bonds is 6. The van der Waals surface area contributed by atoms with E-state index in [9.17, 15) is 14.3 Å². The van der Waals surface area contributed by atoms with Crippen molar-refractivity contribution in [3.63, 3.8) is 0 Å². The van der Waals surface area contributed by atoms with E-state index in [1.807, 2.05) is 24.3 Å². The molecule has 5 nitrogen and oxygen atoms in total. The highest BCUT2D eigenvalue weighted by atomic mass is 19.1. The van der Waals surface area contributed by atoms with Crippen LogP contribution < -0.4 is 5.32 Å². The molecule has 3 aromatic rings. The molecule has 1 amide bonds. The zero-order valence-corrected chi connectivity index (χ0v) is 13.1. The molecule has 124 valence electrons. The fourth-order valence-corrected chi connectivity index (χ4v) is 2.56. The summed E-state index contributed by atoms with van der Waals surface area (Å²) >= 11 is 0. The fraction of sp³-hybridized carbons (Fsp3) is 0.222. The van der Waals surface area contributed by atoms with Gasteiger partial charge in [0.25, 0.3) is 0 Å². The Morgan fingerprint density at radius 2 is 1.96 bits per heavy atom. The number of hydrogen-bond donors (Lipinski definition) is 3. The molecule has 3 N–H and O–H groups in total. The number of nitrogens with zero attached hydrogens (tertiary/aromatic N) is 1. The van der Waals surface area contributed by atoms with Crippen LogP contribution in [0.4, 0.5) is 4.39 Å². The molecule has 0 aliphatic heterocycles. The monoisotopic (exact) mass is 327 g/mol. The Hall–Kier alpha value is -2.73. The lowest BCUT2D eigenvalue weighted by atomic mass is 10.1. The van der Waals surface area contributed by atoms with Crippen LogP contribution in [0.15, 0.2) is 42.5 Å². The first kappa shape index (κ1) is 16.1. The van der Waals surface area contributed by atoms with E-state index in [4.69, 9.17) is 0 Å². The van der Waals surface area contributed by atoms with E-state index in [-0.39, 0.29) is 24.8 Å². The summed E-state index contributed by atoms with van der Waals surface area (Å²) in [5.74, 6) is 0.0877. The van der Waals surface area contributed by atoms with Crippen LogP contribution in [0.5, 0.6) is 0 Å². The van der Waals surface area contributed by atoms with Crippen molar-refractivity contribution in [3.8, 4) is 0 Å². The molecule has 0 saturated carbocycles. The number of fused-ring (bicyclic) bond motifs is 1. The van der Waals surface area contributed by atoms with Gasteiger partial charge in [-0.1, -0.05) is 30.3 Å². The summed E-state index contributed by atoms with van der Waals surface area (Å²) in [6, 6.07) is 12.1. The van der Waals surface area contributed by atoms with Gasteiger partial charge >= 0.3 is 0 Å². The molecule has 2 aromatic carbocycles. The average molecular weight is 327 g/mol. The van der Waals surface area contributed by atoms with Gasteiger partial charge in [-0.25, -0.2) is 9.37 Å². The summed E-state index contributed by atoms with van der Waals surface area (Å²) in [5.41, 5.74) is 2.61. The van der Waals surface area contributed by atoms with Crippen molar-refractivity contribution in [2.24, 2.45) is 0 Å². The molecule has 1 heterocycles. The first-order valence-electron chi connectivity index (χ1n) is 7.75. The fourth-order valence-electron chi connectivity index (χ4n) is 2.56. The highest BCUT2D eigenvalue weighted by Gasteiger charge is 2.09. The zero-order valence-electron chi connectivity index (χ0n) is 13.1. The van der Waals surface area contributed by atoms with Crippen LogP contribution in [-0.4, -0.2) is 21.0 Å². The third-order valence-electron chi connectivity index (χ3n) is 3.87. The first-order valence-corrected chi connectivity index (χ1v) is 7.75. The number of aliphatic hydroxyl groups is 1. The van der Waals surface area contributed by atoms with Crippen LogP contribution in [-0.2, 0) is 24.4 Å². The van der Waals surface area contributed by atoms with Gasteiger partial charge in [-0.15, -0.1) is 0 Å². The van der Waals surface area contributed by atoms with E-state index in [2.05, 4.69) is 15.3 Å². The lowest BCUT2D eigenvalue weighted by Crippen LogP contribution is -2.23. The number of aryl methyl sites for hydroxylation is 1. The lowest BCUT2D eigenvalue weighted by Gasteiger charge is -2.08. The normalized spacial score (nSPS) is 10.9. The summed E-state index contributed by atoms with van der Waals surface area (Å²) in [7, 11) is 0. The number of aromatic amines is 1. The Morgan fingerprint density at radius 3 is 2.71 bits per heavy atom. The van der Waals surface area contributed by atoms with E-state index in [1.165, 1.54) is 6.07 Å². The second-order valence-corrected chi connectivity index (χ2v) is 5.52. The Kier molecular flexibility index (Phi) is 4.86. The zero-order chi connectivity index (χ0) is 16.9. The second-order valence-electron chi connectivity index (χ2n) is 5.52. The van der Waals surface area contributed by atoms with Crippen molar-refractivity contribution in [2.75, 3.05) is 0 Å². The van der Waals surface area contributed by atoms with Gasteiger partial charge in [0, 0.05) is 19.4 Å². The van der Waals surface area contributed by atoms with Crippen LogP contribution in [0, 0.1) is 5.82 Å². The number of amides is 1. The number of nitrogens with one attached hydrogen (secondary N) is 2. The highest BCUT2D eigenvalue weighted by molar-refractivity contribution is 5.77.